The van der Waals surface area contributed by atoms with Crippen molar-refractivity contribution >= 4 is 50.3 Å². The first-order chi connectivity index (χ1) is 27.8. The first-order valence-electron chi connectivity index (χ1n) is 21.6. The van der Waals surface area contributed by atoms with E-state index in [1.807, 2.05) is 25.1 Å². The quantitative estimate of drug-likeness (QED) is 0.236. The summed E-state index contributed by atoms with van der Waals surface area (Å²) in [6.45, 7) is 1.92. The molecule has 1 spiro atoms. The SMILES string of the molecule is C=S(=O)(NC(=O)[C@@]12CC[C@H]1/C=C\CCCCC[C@@H](NC(=O)OC1CCCC1)C(=O)N1C[C@@]3(CCc4c(c(C5CC5)nc5c(F)cccc45)O3)C[C@H]1C(=O)N2)C1(C)CC1. The van der Waals surface area contributed by atoms with Gasteiger partial charge >= 0.3 is 6.09 Å². The van der Waals surface area contributed by atoms with Crippen LogP contribution in [-0.4, -0.2) is 84.4 Å². The number of amides is 4. The average Bonchev–Trinajstić information content (AvgIpc) is 4.09. The fourth-order valence-corrected chi connectivity index (χ4v) is 11.5. The second-order valence-corrected chi connectivity index (χ2v) is 21.0. The van der Waals surface area contributed by atoms with Crippen LogP contribution in [0.1, 0.15) is 133 Å². The number of allylic oxidation sites excluding steroid dienone is 1. The van der Waals surface area contributed by atoms with Crippen LogP contribution in [0.25, 0.3) is 10.9 Å². The number of nitrogens with one attached hydrogen (secondary N) is 3. The molecule has 4 heterocycles. The van der Waals surface area contributed by atoms with Crippen molar-refractivity contribution in [2.75, 3.05) is 6.54 Å². The largest absolute Gasteiger partial charge is 0.483 e. The number of hydrogen-bond acceptors (Lipinski definition) is 8. The number of hydrogen-bond donors (Lipinski definition) is 3. The zero-order chi connectivity index (χ0) is 40.5. The molecule has 0 bridgehead atoms. The molecule has 58 heavy (non-hydrogen) atoms. The summed E-state index contributed by atoms with van der Waals surface area (Å²) < 4.78 is 43.9. The van der Waals surface area contributed by atoms with E-state index in [1.165, 1.54) is 11.0 Å². The van der Waals surface area contributed by atoms with Gasteiger partial charge in [-0.1, -0.05) is 37.1 Å². The molecule has 1 saturated heterocycles. The van der Waals surface area contributed by atoms with Gasteiger partial charge < -0.3 is 25.0 Å². The van der Waals surface area contributed by atoms with E-state index in [4.69, 9.17) is 14.5 Å². The average molecular weight is 818 g/mol. The lowest BCUT2D eigenvalue weighted by atomic mass is 9.65. The van der Waals surface area contributed by atoms with Crippen LogP contribution in [0.5, 0.6) is 5.75 Å². The molecule has 7 aliphatic rings. The molecule has 12 nitrogen and oxygen atoms in total. The fraction of sp³-hybridized carbons (Fsp3) is 0.636. The number of benzene rings is 1. The van der Waals surface area contributed by atoms with Crippen LogP contribution in [0.4, 0.5) is 9.18 Å². The zero-order valence-corrected chi connectivity index (χ0v) is 34.3. The molecule has 1 unspecified atom stereocenters. The maximum absolute atomic E-state index is 15.1. The molecule has 4 aliphatic carbocycles. The fourth-order valence-electron chi connectivity index (χ4n) is 9.97. The third-order valence-electron chi connectivity index (χ3n) is 14.3. The van der Waals surface area contributed by atoms with Gasteiger partial charge in [0.1, 0.15) is 46.4 Å². The molecule has 0 radical (unpaired) electrons. The molecule has 6 atom stereocenters. The van der Waals surface area contributed by atoms with Crippen LogP contribution >= 0.6 is 0 Å². The number of rotatable bonds is 6. The van der Waals surface area contributed by atoms with Gasteiger partial charge in [0.05, 0.1) is 26.7 Å². The number of fused-ring (bicyclic) bond motifs is 5. The maximum atomic E-state index is 15.1. The summed E-state index contributed by atoms with van der Waals surface area (Å²) in [4.78, 5) is 64.0. The summed E-state index contributed by atoms with van der Waals surface area (Å²) in [6, 6.07) is 2.95. The topological polar surface area (TPSA) is 156 Å². The van der Waals surface area contributed by atoms with Crippen LogP contribution < -0.4 is 20.1 Å². The third kappa shape index (κ3) is 7.14. The van der Waals surface area contributed by atoms with Gasteiger partial charge in [-0.05, 0) is 115 Å². The van der Waals surface area contributed by atoms with Crippen molar-refractivity contribution in [1.29, 1.82) is 0 Å². The van der Waals surface area contributed by atoms with Gasteiger partial charge in [-0.25, -0.2) is 18.4 Å². The van der Waals surface area contributed by atoms with Gasteiger partial charge in [-0.3, -0.25) is 19.1 Å². The monoisotopic (exact) mass is 817 g/mol. The highest BCUT2D eigenvalue weighted by Crippen LogP contribution is 2.51. The summed E-state index contributed by atoms with van der Waals surface area (Å²) in [5.74, 6) is 2.51. The number of carbonyl (C=O) groups excluding carboxylic acids is 4. The van der Waals surface area contributed by atoms with Crippen LogP contribution in [-0.2, 0) is 35.2 Å². The van der Waals surface area contributed by atoms with Crippen molar-refractivity contribution in [1.82, 2.24) is 25.2 Å². The summed E-state index contributed by atoms with van der Waals surface area (Å²) in [5.41, 5.74) is -0.467. The van der Waals surface area contributed by atoms with Crippen LogP contribution in [0.2, 0.25) is 0 Å². The Morgan fingerprint density at radius 2 is 1.81 bits per heavy atom. The Bertz CT molecular complexity index is 2170. The summed E-state index contributed by atoms with van der Waals surface area (Å²) in [7, 11) is -3.02. The van der Waals surface area contributed by atoms with E-state index in [9.17, 15) is 23.4 Å². The molecule has 1 aromatic carbocycles. The Balaban J connectivity index is 1.07. The van der Waals surface area contributed by atoms with E-state index in [1.54, 1.807) is 6.07 Å². The Kier molecular flexibility index (Phi) is 10.0. The summed E-state index contributed by atoms with van der Waals surface area (Å²) in [6.07, 6.45) is 15.5. The Hall–Kier alpha value is -4.20. The molecular weight excluding hydrogens is 762 g/mol. The van der Waals surface area contributed by atoms with Crippen molar-refractivity contribution in [3.8, 4) is 5.75 Å². The standard InChI is InChI=1S/C44H56FN5O7S/c1-42(23-24-42)58(2,55)49-40(53)44-22-19-28(44)11-6-4-3-5-7-16-33(46-41(54)56-29-12-8-9-13-29)39(52)50-26-43(25-34(50)38(51)48-44)21-20-31-30-14-10-15-32(45)36(30)47-35(27-17-18-27)37(31)57-43/h6,10-11,14-15,27-29,33-34H,2-5,7-9,12-13,16-26H2,1H3,(H,46,54)(H,48,51)(H,49,53,55)/b11-6-/t28-,33-,34+,43-,44-,58?/m1/s1. The smallest absolute Gasteiger partial charge is 0.408 e. The summed E-state index contributed by atoms with van der Waals surface area (Å²) in [5, 5.41) is 6.72. The van der Waals surface area contributed by atoms with Gasteiger partial charge in [-0.15, -0.1) is 0 Å². The molecule has 5 fully saturated rings. The second kappa shape index (κ2) is 14.8. The summed E-state index contributed by atoms with van der Waals surface area (Å²) >= 11 is 0. The number of pyridine rings is 1. The number of aryl methyl sites for hydroxylation is 1. The van der Waals surface area contributed by atoms with Gasteiger partial charge in [0.25, 0.3) is 5.91 Å². The highest BCUT2D eigenvalue weighted by molar-refractivity contribution is 8.00. The van der Waals surface area contributed by atoms with Gasteiger partial charge in [-0.2, -0.15) is 0 Å². The van der Waals surface area contributed by atoms with Crippen LogP contribution in [0.15, 0.2) is 30.4 Å². The van der Waals surface area contributed by atoms with Gasteiger partial charge in [0, 0.05) is 29.2 Å². The lowest BCUT2D eigenvalue weighted by Gasteiger charge is -2.48. The number of nitrogens with zero attached hydrogens (tertiary/aromatic N) is 2. The zero-order valence-electron chi connectivity index (χ0n) is 33.5. The number of aromatic nitrogens is 1. The molecule has 312 valence electrons. The molecule has 4 saturated carbocycles. The van der Waals surface area contributed by atoms with Crippen LogP contribution in [0, 0.1) is 11.7 Å². The van der Waals surface area contributed by atoms with Gasteiger partial charge in [0.2, 0.25) is 11.8 Å². The predicted octanol–water partition coefficient (Wildman–Crippen LogP) is 6.04. The van der Waals surface area contributed by atoms with Crippen molar-refractivity contribution < 1.29 is 37.3 Å². The molecule has 3 N–H and O–H groups in total. The van der Waals surface area contributed by atoms with E-state index >= 15 is 4.39 Å². The highest BCUT2D eigenvalue weighted by atomic mass is 32.2. The maximum Gasteiger partial charge on any atom is 0.408 e. The lowest BCUT2D eigenvalue weighted by Crippen LogP contribution is -2.70. The minimum atomic E-state index is -3.02. The highest BCUT2D eigenvalue weighted by Gasteiger charge is 2.59. The normalized spacial score (nSPS) is 32.5. The van der Waals surface area contributed by atoms with Crippen molar-refractivity contribution in [3.63, 3.8) is 0 Å². The van der Waals surface area contributed by atoms with E-state index in [2.05, 4.69) is 21.2 Å². The second-order valence-electron chi connectivity index (χ2n) is 18.4. The minimum absolute atomic E-state index is 0.0675. The van der Waals surface area contributed by atoms with Crippen molar-refractivity contribution in [3.05, 3.63) is 47.4 Å². The molecule has 14 heteroatoms. The molecule has 4 amide bonds. The molecule has 2 aromatic rings. The van der Waals surface area contributed by atoms with E-state index in [0.29, 0.717) is 73.7 Å². The predicted molar refractivity (Wildman–Crippen MR) is 218 cm³/mol. The van der Waals surface area contributed by atoms with E-state index < -0.39 is 61.5 Å². The first-order valence-corrected chi connectivity index (χ1v) is 23.3. The molecular formula is C44H56FN5O7S. The number of carbonyl (C=O) groups is 4. The van der Waals surface area contributed by atoms with E-state index in [-0.39, 0.29) is 36.7 Å². The Morgan fingerprint density at radius 1 is 1.03 bits per heavy atom. The lowest BCUT2D eigenvalue weighted by molar-refractivity contribution is -0.144. The number of alkyl carbamates (subject to hydrolysis) is 1. The van der Waals surface area contributed by atoms with Crippen molar-refractivity contribution in [2.24, 2.45) is 5.92 Å². The third-order valence-corrected chi connectivity index (χ3v) is 16.8. The van der Waals surface area contributed by atoms with Gasteiger partial charge in [0.15, 0.2) is 0 Å². The number of para-hydroxylation sites is 1. The molecule has 1 aromatic heterocycles. The molecule has 9 rings (SSSR count). The van der Waals surface area contributed by atoms with Crippen molar-refractivity contribution in [2.45, 2.75) is 162 Å². The first kappa shape index (κ1) is 39.3. The number of halogens is 1. The van der Waals surface area contributed by atoms with Crippen LogP contribution in [0.3, 0.4) is 0 Å². The Morgan fingerprint density at radius 3 is 2.53 bits per heavy atom. The Labute approximate surface area is 340 Å². The minimum Gasteiger partial charge on any atom is -0.483 e. The van der Waals surface area contributed by atoms with E-state index in [0.717, 1.165) is 63.4 Å². The number of ether oxygens (including phenoxy) is 2. The molecule has 3 aliphatic heterocycles.